The van der Waals surface area contributed by atoms with Gasteiger partial charge in [-0.3, -0.25) is 0 Å². The summed E-state index contributed by atoms with van der Waals surface area (Å²) in [4.78, 5) is 12.5. The quantitative estimate of drug-likeness (QED) is 0.732. The minimum Gasteiger partial charge on any atom is -0.341 e. The van der Waals surface area contributed by atoms with Crippen molar-refractivity contribution >= 4 is 17.4 Å². The van der Waals surface area contributed by atoms with Crippen LogP contribution in [0.2, 0.25) is 0 Å². The van der Waals surface area contributed by atoms with Crippen LogP contribution in [0.15, 0.2) is 11.4 Å². The first-order valence-corrected chi connectivity index (χ1v) is 5.73. The zero-order valence-electron chi connectivity index (χ0n) is 8.17. The molecule has 0 aliphatic heterocycles. The van der Waals surface area contributed by atoms with Crippen molar-refractivity contribution in [1.29, 1.82) is 0 Å². The van der Waals surface area contributed by atoms with Gasteiger partial charge in [0.15, 0.2) is 0 Å². The fourth-order valence-electron chi connectivity index (χ4n) is 1.86. The van der Waals surface area contributed by atoms with Crippen LogP contribution >= 0.6 is 11.3 Å². The first-order valence-electron chi connectivity index (χ1n) is 4.86. The van der Waals surface area contributed by atoms with Crippen molar-refractivity contribution < 1.29 is 4.79 Å². The van der Waals surface area contributed by atoms with E-state index in [0.717, 1.165) is 12.8 Å². The third kappa shape index (κ3) is 1.75. The van der Waals surface area contributed by atoms with Crippen molar-refractivity contribution in [2.45, 2.75) is 25.3 Å². The van der Waals surface area contributed by atoms with Gasteiger partial charge in [0.25, 0.3) is 0 Å². The topological polar surface area (TPSA) is 41.1 Å². The van der Waals surface area contributed by atoms with E-state index in [0.29, 0.717) is 0 Å². The minimum atomic E-state index is -0.0868. The number of nitrogens with one attached hydrogen (secondary N) is 2. The molecule has 3 nitrogen and oxygen atoms in total. The van der Waals surface area contributed by atoms with Gasteiger partial charge in [-0.1, -0.05) is 0 Å². The van der Waals surface area contributed by atoms with Crippen LogP contribution in [0, 0.1) is 0 Å². The molecule has 2 amide bonds. The summed E-state index contributed by atoms with van der Waals surface area (Å²) in [5.41, 5.74) is 1.41. The van der Waals surface area contributed by atoms with E-state index in [4.69, 9.17) is 0 Å². The summed E-state index contributed by atoms with van der Waals surface area (Å²) in [7, 11) is 1.65. The monoisotopic (exact) mass is 210 g/mol. The van der Waals surface area contributed by atoms with E-state index >= 15 is 0 Å². The van der Waals surface area contributed by atoms with Crippen LogP contribution in [-0.4, -0.2) is 13.1 Å². The molecule has 0 spiro atoms. The second-order valence-corrected chi connectivity index (χ2v) is 4.43. The Kier molecular flexibility index (Phi) is 2.72. The molecule has 1 atom stereocenters. The van der Waals surface area contributed by atoms with E-state index in [9.17, 15) is 4.79 Å². The molecule has 0 bridgehead atoms. The Labute approximate surface area is 87.5 Å². The van der Waals surface area contributed by atoms with Crippen molar-refractivity contribution in [1.82, 2.24) is 10.6 Å². The predicted molar refractivity (Wildman–Crippen MR) is 57.6 cm³/mol. The standard InChI is InChI=1S/C10H14N2OS/c1-11-10(13)12-8-4-2-3-7-5-6-14-9(7)8/h5-6,8H,2-4H2,1H3,(H2,11,12,13). The number of urea groups is 1. The molecule has 14 heavy (non-hydrogen) atoms. The molecule has 2 rings (SSSR count). The molecule has 2 N–H and O–H groups in total. The number of carbonyl (C=O) groups excluding carboxylic acids is 1. The van der Waals surface area contributed by atoms with Gasteiger partial charge in [-0.15, -0.1) is 11.3 Å². The average Bonchev–Trinajstić information content (AvgIpc) is 2.66. The summed E-state index contributed by atoms with van der Waals surface area (Å²) >= 11 is 1.74. The van der Waals surface area contributed by atoms with Gasteiger partial charge < -0.3 is 10.6 Å². The SMILES string of the molecule is CNC(=O)NC1CCCc2ccsc21. The Balaban J connectivity index is 2.12. The van der Waals surface area contributed by atoms with Crippen molar-refractivity contribution in [3.8, 4) is 0 Å². The summed E-state index contributed by atoms with van der Waals surface area (Å²) in [6, 6.07) is 2.30. The number of rotatable bonds is 1. The molecule has 0 radical (unpaired) electrons. The number of amides is 2. The molecule has 0 fully saturated rings. The van der Waals surface area contributed by atoms with Gasteiger partial charge in [0.1, 0.15) is 0 Å². The summed E-state index contributed by atoms with van der Waals surface area (Å²) in [5, 5.41) is 7.67. The van der Waals surface area contributed by atoms with E-state index in [1.165, 1.54) is 16.9 Å². The minimum absolute atomic E-state index is 0.0868. The zero-order chi connectivity index (χ0) is 9.97. The molecule has 76 valence electrons. The lowest BCUT2D eigenvalue weighted by Gasteiger charge is -2.23. The van der Waals surface area contributed by atoms with Crippen molar-refractivity contribution in [2.24, 2.45) is 0 Å². The third-order valence-corrected chi connectivity index (χ3v) is 3.64. The first-order chi connectivity index (χ1) is 6.81. The van der Waals surface area contributed by atoms with Gasteiger partial charge in [-0.2, -0.15) is 0 Å². The highest BCUT2D eigenvalue weighted by atomic mass is 32.1. The van der Waals surface area contributed by atoms with Gasteiger partial charge in [0.05, 0.1) is 6.04 Å². The number of fused-ring (bicyclic) bond motifs is 1. The van der Waals surface area contributed by atoms with Crippen LogP contribution < -0.4 is 10.6 Å². The number of hydrogen-bond donors (Lipinski definition) is 2. The molecule has 0 aromatic carbocycles. The van der Waals surface area contributed by atoms with Crippen molar-refractivity contribution in [3.63, 3.8) is 0 Å². The molecule has 1 aliphatic rings. The molecule has 1 aliphatic carbocycles. The van der Waals surface area contributed by atoms with Crippen LogP contribution in [0.25, 0.3) is 0 Å². The Morgan fingerprint density at radius 3 is 3.29 bits per heavy atom. The van der Waals surface area contributed by atoms with Crippen LogP contribution in [-0.2, 0) is 6.42 Å². The maximum absolute atomic E-state index is 11.2. The highest BCUT2D eigenvalue weighted by Crippen LogP contribution is 2.33. The normalized spacial score (nSPS) is 19.9. The van der Waals surface area contributed by atoms with Crippen molar-refractivity contribution in [3.05, 3.63) is 21.9 Å². The lowest BCUT2D eigenvalue weighted by molar-refractivity contribution is 0.238. The average molecular weight is 210 g/mol. The molecule has 4 heteroatoms. The largest absolute Gasteiger partial charge is 0.341 e. The Bertz CT molecular complexity index is 335. The fourth-order valence-corrected chi connectivity index (χ4v) is 2.90. The van der Waals surface area contributed by atoms with Crippen LogP contribution in [0.3, 0.4) is 0 Å². The Morgan fingerprint density at radius 2 is 2.50 bits per heavy atom. The molecule has 0 saturated carbocycles. The zero-order valence-corrected chi connectivity index (χ0v) is 8.99. The second-order valence-electron chi connectivity index (χ2n) is 3.48. The van der Waals surface area contributed by atoms with Gasteiger partial charge >= 0.3 is 6.03 Å². The molecular formula is C10H14N2OS. The van der Waals surface area contributed by atoms with Crippen molar-refractivity contribution in [2.75, 3.05) is 7.05 Å². The van der Waals surface area contributed by atoms with E-state index in [1.807, 2.05) is 0 Å². The maximum atomic E-state index is 11.2. The van der Waals surface area contributed by atoms with E-state index in [-0.39, 0.29) is 12.1 Å². The number of aryl methyl sites for hydroxylation is 1. The number of thiophene rings is 1. The summed E-state index contributed by atoms with van der Waals surface area (Å²) in [6.45, 7) is 0. The van der Waals surface area contributed by atoms with E-state index in [2.05, 4.69) is 22.1 Å². The predicted octanol–water partition coefficient (Wildman–Crippen LogP) is 2.05. The second kappa shape index (κ2) is 4.00. The lowest BCUT2D eigenvalue weighted by Crippen LogP contribution is -2.36. The lowest BCUT2D eigenvalue weighted by atomic mass is 9.95. The van der Waals surface area contributed by atoms with Crippen LogP contribution in [0.1, 0.15) is 29.3 Å². The van der Waals surface area contributed by atoms with Gasteiger partial charge in [0.2, 0.25) is 0 Å². The summed E-state index contributed by atoms with van der Waals surface area (Å²) in [6.07, 6.45) is 3.38. The number of hydrogen-bond acceptors (Lipinski definition) is 2. The maximum Gasteiger partial charge on any atom is 0.315 e. The van der Waals surface area contributed by atoms with Crippen LogP contribution in [0.5, 0.6) is 0 Å². The highest BCUT2D eigenvalue weighted by molar-refractivity contribution is 7.10. The molecule has 1 aromatic heterocycles. The third-order valence-electron chi connectivity index (χ3n) is 2.57. The molecule has 1 unspecified atom stereocenters. The smallest absolute Gasteiger partial charge is 0.315 e. The molecule has 0 saturated heterocycles. The molecule has 1 aromatic rings. The van der Waals surface area contributed by atoms with E-state index < -0.39 is 0 Å². The fraction of sp³-hybridized carbons (Fsp3) is 0.500. The van der Waals surface area contributed by atoms with E-state index in [1.54, 1.807) is 18.4 Å². The summed E-state index contributed by atoms with van der Waals surface area (Å²) in [5.74, 6) is 0. The van der Waals surface area contributed by atoms with Gasteiger partial charge in [-0.25, -0.2) is 4.79 Å². The Hall–Kier alpha value is -1.03. The van der Waals surface area contributed by atoms with Gasteiger partial charge in [0, 0.05) is 11.9 Å². The highest BCUT2D eigenvalue weighted by Gasteiger charge is 2.22. The van der Waals surface area contributed by atoms with Crippen LogP contribution in [0.4, 0.5) is 4.79 Å². The number of carbonyl (C=O) groups is 1. The summed E-state index contributed by atoms with van der Waals surface area (Å²) < 4.78 is 0. The van der Waals surface area contributed by atoms with Gasteiger partial charge in [-0.05, 0) is 36.3 Å². The Morgan fingerprint density at radius 1 is 1.64 bits per heavy atom. The molecule has 1 heterocycles. The first kappa shape index (κ1) is 9.52. The molecular weight excluding hydrogens is 196 g/mol.